The number of anilines is 2. The molecular weight excluding hydrogens is 226 g/mol. The van der Waals surface area contributed by atoms with Crippen LogP contribution < -0.4 is 15.5 Å². The van der Waals surface area contributed by atoms with Gasteiger partial charge in [0.1, 0.15) is 18.0 Å². The van der Waals surface area contributed by atoms with Crippen LogP contribution in [0.3, 0.4) is 0 Å². The summed E-state index contributed by atoms with van der Waals surface area (Å²) in [5, 5.41) is 6.79. The third kappa shape index (κ3) is 3.57. The topological polar surface area (TPSA) is 53.1 Å². The minimum atomic E-state index is 0.489. The van der Waals surface area contributed by atoms with Crippen molar-refractivity contribution in [3.63, 3.8) is 0 Å². The van der Waals surface area contributed by atoms with Gasteiger partial charge in [0.25, 0.3) is 0 Å². The minimum Gasteiger partial charge on any atom is -0.366 e. The fourth-order valence-electron chi connectivity index (χ4n) is 2.26. The average Bonchev–Trinajstić information content (AvgIpc) is 2.81. The van der Waals surface area contributed by atoms with Gasteiger partial charge in [-0.05, 0) is 18.9 Å². The molecule has 2 N–H and O–H groups in total. The summed E-state index contributed by atoms with van der Waals surface area (Å²) in [6.07, 6.45) is 2.79. The first-order valence-electron chi connectivity index (χ1n) is 6.65. The Bertz CT molecular complexity index is 373. The van der Waals surface area contributed by atoms with Gasteiger partial charge in [0.2, 0.25) is 0 Å². The fraction of sp³-hybridized carbons (Fsp3) is 0.692. The van der Waals surface area contributed by atoms with Crippen molar-refractivity contribution in [1.82, 2.24) is 15.3 Å². The molecule has 0 saturated carbocycles. The van der Waals surface area contributed by atoms with Crippen molar-refractivity contribution in [3.8, 4) is 0 Å². The molecule has 0 radical (unpaired) electrons. The third-order valence-corrected chi connectivity index (χ3v) is 3.10. The quantitative estimate of drug-likeness (QED) is 0.825. The molecule has 1 fully saturated rings. The van der Waals surface area contributed by atoms with Crippen LogP contribution in [-0.2, 0) is 0 Å². The van der Waals surface area contributed by atoms with Gasteiger partial charge in [0.15, 0.2) is 0 Å². The molecule has 0 aromatic carbocycles. The Morgan fingerprint density at radius 1 is 1.50 bits per heavy atom. The van der Waals surface area contributed by atoms with Crippen LogP contribution in [0.1, 0.15) is 20.3 Å². The van der Waals surface area contributed by atoms with Crippen LogP contribution in [0, 0.1) is 5.92 Å². The number of hydrogen-bond acceptors (Lipinski definition) is 5. The lowest BCUT2D eigenvalue weighted by molar-refractivity contribution is 0.634. The van der Waals surface area contributed by atoms with Crippen molar-refractivity contribution in [3.05, 3.63) is 12.4 Å². The van der Waals surface area contributed by atoms with Crippen molar-refractivity contribution >= 4 is 11.6 Å². The van der Waals surface area contributed by atoms with E-state index in [4.69, 9.17) is 0 Å². The minimum absolute atomic E-state index is 0.489. The number of rotatable bonds is 5. The number of nitrogens with zero attached hydrogens (tertiary/aromatic N) is 3. The molecule has 18 heavy (non-hydrogen) atoms. The molecular formula is C13H23N5. The van der Waals surface area contributed by atoms with E-state index in [0.717, 1.165) is 37.7 Å². The molecule has 1 atom stereocenters. The summed E-state index contributed by atoms with van der Waals surface area (Å²) in [5.74, 6) is 2.52. The van der Waals surface area contributed by atoms with E-state index < -0.39 is 0 Å². The van der Waals surface area contributed by atoms with Crippen LogP contribution in [0.2, 0.25) is 0 Å². The van der Waals surface area contributed by atoms with Crippen LogP contribution in [0.4, 0.5) is 11.6 Å². The lowest BCUT2D eigenvalue weighted by atomic mass is 10.2. The standard InChI is InChI=1S/C13H23N5/c1-10(2)8-18(3)13-6-12(15-9-16-13)17-11-4-5-14-7-11/h6,9-11,14H,4-5,7-8H2,1-3H3,(H,15,16,17). The van der Waals surface area contributed by atoms with E-state index >= 15 is 0 Å². The summed E-state index contributed by atoms with van der Waals surface area (Å²) < 4.78 is 0. The van der Waals surface area contributed by atoms with Gasteiger partial charge in [-0.15, -0.1) is 0 Å². The Labute approximate surface area is 109 Å². The van der Waals surface area contributed by atoms with E-state index in [1.54, 1.807) is 6.33 Å². The van der Waals surface area contributed by atoms with Crippen molar-refractivity contribution in [2.45, 2.75) is 26.3 Å². The second-order valence-electron chi connectivity index (χ2n) is 5.37. The lowest BCUT2D eigenvalue weighted by Gasteiger charge is -2.21. The Balaban J connectivity index is 1.99. The average molecular weight is 249 g/mol. The van der Waals surface area contributed by atoms with E-state index in [1.807, 2.05) is 6.07 Å². The zero-order valence-corrected chi connectivity index (χ0v) is 11.5. The van der Waals surface area contributed by atoms with Crippen LogP contribution in [0.15, 0.2) is 12.4 Å². The summed E-state index contributed by atoms with van der Waals surface area (Å²) in [5.41, 5.74) is 0. The summed E-state index contributed by atoms with van der Waals surface area (Å²) in [7, 11) is 2.07. The number of aromatic nitrogens is 2. The highest BCUT2D eigenvalue weighted by atomic mass is 15.2. The smallest absolute Gasteiger partial charge is 0.133 e. The molecule has 1 unspecified atom stereocenters. The number of nitrogens with one attached hydrogen (secondary N) is 2. The Morgan fingerprint density at radius 3 is 3.00 bits per heavy atom. The first-order chi connectivity index (χ1) is 8.65. The maximum Gasteiger partial charge on any atom is 0.133 e. The maximum absolute atomic E-state index is 4.33. The lowest BCUT2D eigenvalue weighted by Crippen LogP contribution is -2.25. The summed E-state index contributed by atoms with van der Waals surface area (Å²) in [6.45, 7) is 7.52. The predicted octanol–water partition coefficient (Wildman–Crippen LogP) is 1.34. The van der Waals surface area contributed by atoms with Gasteiger partial charge in [-0.2, -0.15) is 0 Å². The van der Waals surface area contributed by atoms with Gasteiger partial charge in [0.05, 0.1) is 0 Å². The molecule has 0 amide bonds. The van der Waals surface area contributed by atoms with Crippen molar-refractivity contribution in [1.29, 1.82) is 0 Å². The molecule has 1 aliphatic rings. The van der Waals surface area contributed by atoms with Crippen LogP contribution in [-0.4, -0.2) is 42.7 Å². The molecule has 5 nitrogen and oxygen atoms in total. The van der Waals surface area contributed by atoms with E-state index in [9.17, 15) is 0 Å². The third-order valence-electron chi connectivity index (χ3n) is 3.10. The summed E-state index contributed by atoms with van der Waals surface area (Å²) >= 11 is 0. The molecule has 1 aromatic rings. The Kier molecular flexibility index (Phi) is 4.36. The molecule has 100 valence electrons. The first-order valence-corrected chi connectivity index (χ1v) is 6.65. The normalized spacial score (nSPS) is 19.2. The van der Waals surface area contributed by atoms with Crippen LogP contribution >= 0.6 is 0 Å². The molecule has 0 spiro atoms. The van der Waals surface area contributed by atoms with E-state index in [-0.39, 0.29) is 0 Å². The van der Waals surface area contributed by atoms with Gasteiger partial charge < -0.3 is 15.5 Å². The second kappa shape index (κ2) is 6.00. The highest BCUT2D eigenvalue weighted by Crippen LogP contribution is 2.15. The zero-order valence-electron chi connectivity index (χ0n) is 11.5. The van der Waals surface area contributed by atoms with Crippen LogP contribution in [0.25, 0.3) is 0 Å². The maximum atomic E-state index is 4.33. The predicted molar refractivity (Wildman–Crippen MR) is 75.0 cm³/mol. The monoisotopic (exact) mass is 249 g/mol. The SMILES string of the molecule is CC(C)CN(C)c1cc(NC2CCNC2)ncn1. The largest absolute Gasteiger partial charge is 0.366 e. The molecule has 5 heteroatoms. The van der Waals surface area contributed by atoms with Crippen LogP contribution in [0.5, 0.6) is 0 Å². The zero-order chi connectivity index (χ0) is 13.0. The molecule has 2 rings (SSSR count). The van der Waals surface area contributed by atoms with Crippen molar-refractivity contribution in [2.75, 3.05) is 36.9 Å². The van der Waals surface area contributed by atoms with Gasteiger partial charge in [0, 0.05) is 32.2 Å². The van der Waals surface area contributed by atoms with Gasteiger partial charge in [-0.3, -0.25) is 0 Å². The Hall–Kier alpha value is -1.36. The molecule has 1 saturated heterocycles. The molecule has 0 bridgehead atoms. The van der Waals surface area contributed by atoms with E-state index in [2.05, 4.69) is 46.4 Å². The molecule has 2 heterocycles. The summed E-state index contributed by atoms with van der Waals surface area (Å²) in [4.78, 5) is 10.8. The first kappa shape index (κ1) is 13.1. The van der Waals surface area contributed by atoms with Crippen molar-refractivity contribution < 1.29 is 0 Å². The molecule has 0 aliphatic carbocycles. The fourth-order valence-corrected chi connectivity index (χ4v) is 2.26. The highest BCUT2D eigenvalue weighted by molar-refractivity contribution is 5.48. The Morgan fingerprint density at radius 2 is 2.33 bits per heavy atom. The summed E-state index contributed by atoms with van der Waals surface area (Å²) in [6, 6.07) is 2.52. The molecule has 1 aromatic heterocycles. The van der Waals surface area contributed by atoms with E-state index in [1.165, 1.54) is 0 Å². The van der Waals surface area contributed by atoms with Gasteiger partial charge in [-0.25, -0.2) is 9.97 Å². The molecule has 1 aliphatic heterocycles. The van der Waals surface area contributed by atoms with Crippen molar-refractivity contribution in [2.24, 2.45) is 5.92 Å². The second-order valence-corrected chi connectivity index (χ2v) is 5.37. The highest BCUT2D eigenvalue weighted by Gasteiger charge is 2.15. The van der Waals surface area contributed by atoms with Gasteiger partial charge >= 0.3 is 0 Å². The van der Waals surface area contributed by atoms with Gasteiger partial charge in [-0.1, -0.05) is 13.8 Å². The van der Waals surface area contributed by atoms with E-state index in [0.29, 0.717) is 12.0 Å². The number of hydrogen-bond donors (Lipinski definition) is 2.